The van der Waals surface area contributed by atoms with Gasteiger partial charge in [-0.2, -0.15) is 0 Å². The second-order valence-corrected chi connectivity index (χ2v) is 6.06. The Bertz CT molecular complexity index is 622. The highest BCUT2D eigenvalue weighted by Crippen LogP contribution is 2.34. The van der Waals surface area contributed by atoms with Gasteiger partial charge in [0, 0.05) is 18.3 Å². The molecule has 0 saturated carbocycles. The second kappa shape index (κ2) is 5.28. The fraction of sp³-hybridized carbons (Fsp3) is 0.471. The van der Waals surface area contributed by atoms with E-state index in [0.717, 1.165) is 18.8 Å². The lowest BCUT2D eigenvalue weighted by atomic mass is 9.95. The summed E-state index contributed by atoms with van der Waals surface area (Å²) in [6.45, 7) is 2.89. The normalized spacial score (nSPS) is 27.4. The van der Waals surface area contributed by atoms with Gasteiger partial charge in [-0.15, -0.1) is 0 Å². The van der Waals surface area contributed by atoms with Gasteiger partial charge in [0.15, 0.2) is 0 Å². The predicted octanol–water partition coefficient (Wildman–Crippen LogP) is 2.59. The molecule has 110 valence electrons. The van der Waals surface area contributed by atoms with Crippen LogP contribution in [0.2, 0.25) is 0 Å². The van der Waals surface area contributed by atoms with E-state index in [-0.39, 0.29) is 0 Å². The third kappa shape index (κ3) is 2.39. The van der Waals surface area contributed by atoms with E-state index in [1.807, 2.05) is 12.3 Å². The Morgan fingerprint density at radius 2 is 2.14 bits per heavy atom. The van der Waals surface area contributed by atoms with Crippen molar-refractivity contribution in [1.82, 2.24) is 14.9 Å². The number of nitrogens with zero attached hydrogens (tertiary/aromatic N) is 2. The van der Waals surface area contributed by atoms with Gasteiger partial charge >= 0.3 is 0 Å². The van der Waals surface area contributed by atoms with Gasteiger partial charge < -0.3 is 10.1 Å². The number of ether oxygens (including phenoxy) is 1. The molecule has 3 heterocycles. The molecule has 2 aliphatic heterocycles. The van der Waals surface area contributed by atoms with E-state index in [9.17, 15) is 0 Å². The first-order valence-electron chi connectivity index (χ1n) is 7.79. The van der Waals surface area contributed by atoms with Crippen molar-refractivity contribution < 1.29 is 4.74 Å². The highest BCUT2D eigenvalue weighted by Gasteiger charge is 2.40. The smallest absolute Gasteiger partial charge is 0.110 e. The summed E-state index contributed by atoms with van der Waals surface area (Å²) < 4.78 is 8.13. The molecule has 3 unspecified atom stereocenters. The molecule has 0 aliphatic carbocycles. The molecule has 2 saturated heterocycles. The van der Waals surface area contributed by atoms with E-state index >= 15 is 0 Å². The van der Waals surface area contributed by atoms with Crippen LogP contribution in [-0.2, 0) is 11.3 Å². The summed E-state index contributed by atoms with van der Waals surface area (Å²) in [5, 5.41) is 3.67. The van der Waals surface area contributed by atoms with Crippen LogP contribution in [0.15, 0.2) is 36.5 Å². The third-order valence-corrected chi connectivity index (χ3v) is 4.68. The highest BCUT2D eigenvalue weighted by atomic mass is 16.5. The van der Waals surface area contributed by atoms with E-state index in [2.05, 4.69) is 46.1 Å². The van der Waals surface area contributed by atoms with Crippen molar-refractivity contribution in [2.75, 3.05) is 0 Å². The molecule has 2 bridgehead atoms. The summed E-state index contributed by atoms with van der Waals surface area (Å²) >= 11 is 0. The van der Waals surface area contributed by atoms with E-state index in [1.165, 1.54) is 24.2 Å². The summed E-state index contributed by atoms with van der Waals surface area (Å²) in [5.74, 6) is 1.03. The van der Waals surface area contributed by atoms with Crippen LogP contribution < -0.4 is 5.32 Å². The van der Waals surface area contributed by atoms with Crippen molar-refractivity contribution in [1.29, 1.82) is 0 Å². The first-order chi connectivity index (χ1) is 10.3. The standard InChI is InChI=1S/C17H21N3O/c1-12-18-10-14(20(12)13-5-3-2-4-6-13)11-19-16-9-15-7-8-17(16)21-15/h2-6,10,15-17,19H,7-9,11H2,1H3. The zero-order valence-electron chi connectivity index (χ0n) is 12.3. The zero-order chi connectivity index (χ0) is 14.2. The molecule has 2 aliphatic rings. The van der Waals surface area contributed by atoms with Gasteiger partial charge in [0.25, 0.3) is 0 Å². The molecule has 2 aromatic rings. The summed E-state index contributed by atoms with van der Waals surface area (Å²) in [5.41, 5.74) is 2.38. The van der Waals surface area contributed by atoms with Crippen molar-refractivity contribution in [2.24, 2.45) is 0 Å². The minimum atomic E-state index is 0.421. The van der Waals surface area contributed by atoms with Crippen LogP contribution in [0, 0.1) is 6.92 Å². The van der Waals surface area contributed by atoms with Crippen molar-refractivity contribution in [3.05, 3.63) is 48.0 Å². The van der Waals surface area contributed by atoms with Crippen molar-refractivity contribution in [3.8, 4) is 5.69 Å². The first-order valence-corrected chi connectivity index (χ1v) is 7.79. The summed E-state index contributed by atoms with van der Waals surface area (Å²) in [4.78, 5) is 4.48. The van der Waals surface area contributed by atoms with Gasteiger partial charge in [-0.1, -0.05) is 18.2 Å². The molecule has 0 amide bonds. The summed E-state index contributed by atoms with van der Waals surface area (Å²) in [6.07, 6.45) is 6.49. The van der Waals surface area contributed by atoms with E-state index < -0.39 is 0 Å². The van der Waals surface area contributed by atoms with E-state index in [1.54, 1.807) is 0 Å². The molecular formula is C17H21N3O. The number of hydrogen-bond acceptors (Lipinski definition) is 3. The number of hydrogen-bond donors (Lipinski definition) is 1. The molecule has 3 atom stereocenters. The quantitative estimate of drug-likeness (QED) is 0.937. The molecular weight excluding hydrogens is 262 g/mol. The summed E-state index contributed by atoms with van der Waals surface area (Å²) in [7, 11) is 0. The van der Waals surface area contributed by atoms with Crippen LogP contribution in [0.25, 0.3) is 5.69 Å². The molecule has 1 N–H and O–H groups in total. The number of nitrogens with one attached hydrogen (secondary N) is 1. The number of rotatable bonds is 4. The number of imidazole rings is 1. The van der Waals surface area contributed by atoms with Gasteiger partial charge in [-0.05, 0) is 38.3 Å². The van der Waals surface area contributed by atoms with Crippen molar-refractivity contribution >= 4 is 0 Å². The predicted molar refractivity (Wildman–Crippen MR) is 81.4 cm³/mol. The third-order valence-electron chi connectivity index (χ3n) is 4.68. The number of fused-ring (bicyclic) bond motifs is 2. The van der Waals surface area contributed by atoms with Crippen LogP contribution in [0.4, 0.5) is 0 Å². The summed E-state index contributed by atoms with van der Waals surface area (Å²) in [6, 6.07) is 10.9. The van der Waals surface area contributed by atoms with Gasteiger partial charge in [0.05, 0.1) is 24.1 Å². The maximum absolute atomic E-state index is 5.91. The average molecular weight is 283 g/mol. The van der Waals surface area contributed by atoms with Crippen molar-refractivity contribution in [3.63, 3.8) is 0 Å². The lowest BCUT2D eigenvalue weighted by Crippen LogP contribution is -2.37. The Kier molecular flexibility index (Phi) is 3.28. The molecule has 4 heteroatoms. The fourth-order valence-electron chi connectivity index (χ4n) is 3.63. The van der Waals surface area contributed by atoms with Gasteiger partial charge in [0.1, 0.15) is 5.82 Å². The lowest BCUT2D eigenvalue weighted by Gasteiger charge is -2.20. The Balaban J connectivity index is 1.51. The molecule has 21 heavy (non-hydrogen) atoms. The molecule has 0 spiro atoms. The fourth-order valence-corrected chi connectivity index (χ4v) is 3.63. The first kappa shape index (κ1) is 13.0. The Morgan fingerprint density at radius 1 is 1.29 bits per heavy atom. The van der Waals surface area contributed by atoms with Gasteiger partial charge in [0.2, 0.25) is 0 Å². The van der Waals surface area contributed by atoms with Crippen molar-refractivity contribution in [2.45, 2.75) is 51.0 Å². The van der Waals surface area contributed by atoms with Crippen LogP contribution in [0.5, 0.6) is 0 Å². The Morgan fingerprint density at radius 3 is 2.86 bits per heavy atom. The Labute approximate surface area is 125 Å². The molecule has 1 aromatic heterocycles. The maximum Gasteiger partial charge on any atom is 0.110 e. The number of aryl methyl sites for hydroxylation is 1. The maximum atomic E-state index is 5.91. The van der Waals surface area contributed by atoms with Gasteiger partial charge in [-0.25, -0.2) is 4.98 Å². The van der Waals surface area contributed by atoms with Crippen LogP contribution in [0.3, 0.4) is 0 Å². The molecule has 4 rings (SSSR count). The van der Waals surface area contributed by atoms with Crippen LogP contribution in [0.1, 0.15) is 30.8 Å². The van der Waals surface area contributed by atoms with E-state index in [4.69, 9.17) is 4.74 Å². The molecule has 0 radical (unpaired) electrons. The molecule has 1 aromatic carbocycles. The topological polar surface area (TPSA) is 39.1 Å². The van der Waals surface area contributed by atoms with Crippen LogP contribution in [-0.4, -0.2) is 27.8 Å². The van der Waals surface area contributed by atoms with E-state index in [0.29, 0.717) is 18.2 Å². The number of benzene rings is 1. The van der Waals surface area contributed by atoms with Crippen LogP contribution >= 0.6 is 0 Å². The second-order valence-electron chi connectivity index (χ2n) is 6.06. The van der Waals surface area contributed by atoms with Gasteiger partial charge in [-0.3, -0.25) is 4.57 Å². The largest absolute Gasteiger partial charge is 0.373 e. The highest BCUT2D eigenvalue weighted by molar-refractivity contribution is 5.35. The average Bonchev–Trinajstić information content (AvgIpc) is 3.21. The molecule has 2 fully saturated rings. The number of para-hydroxylation sites is 1. The minimum Gasteiger partial charge on any atom is -0.373 e. The molecule has 4 nitrogen and oxygen atoms in total. The Hall–Kier alpha value is -1.65. The minimum absolute atomic E-state index is 0.421. The monoisotopic (exact) mass is 283 g/mol. The SMILES string of the molecule is Cc1ncc(CNC2CC3CCC2O3)n1-c1ccccc1. The number of aromatic nitrogens is 2. The zero-order valence-corrected chi connectivity index (χ0v) is 12.3. The lowest BCUT2D eigenvalue weighted by molar-refractivity contribution is 0.0972.